The normalized spacial score (nSPS) is 14.0. The van der Waals surface area contributed by atoms with Crippen LogP contribution in [0.25, 0.3) is 16.6 Å². The Hall–Kier alpha value is -3.60. The van der Waals surface area contributed by atoms with Gasteiger partial charge in [-0.25, -0.2) is 9.48 Å². The van der Waals surface area contributed by atoms with E-state index in [0.29, 0.717) is 19.7 Å². The van der Waals surface area contributed by atoms with Crippen LogP contribution in [0.1, 0.15) is 17.2 Å². The van der Waals surface area contributed by atoms with Crippen molar-refractivity contribution < 1.29 is 9.53 Å². The summed E-state index contributed by atoms with van der Waals surface area (Å²) in [6.45, 7) is 1.55. The average molecular weight is 383 g/mol. The van der Waals surface area contributed by atoms with Crippen LogP contribution in [0, 0.1) is 0 Å². The second kappa shape index (κ2) is 7.43. The van der Waals surface area contributed by atoms with Crippen LogP contribution in [-0.4, -0.2) is 33.9 Å². The van der Waals surface area contributed by atoms with Gasteiger partial charge >= 0.3 is 6.09 Å². The summed E-state index contributed by atoms with van der Waals surface area (Å²) in [5, 5.41) is 6.04. The van der Waals surface area contributed by atoms with Gasteiger partial charge in [-0.15, -0.1) is 0 Å². The van der Waals surface area contributed by atoms with Crippen molar-refractivity contribution in [1.29, 1.82) is 0 Å². The van der Waals surface area contributed by atoms with E-state index in [4.69, 9.17) is 9.84 Å². The van der Waals surface area contributed by atoms with E-state index in [9.17, 15) is 4.79 Å². The molecule has 1 fully saturated rings. The first-order chi connectivity index (χ1) is 14.3. The van der Waals surface area contributed by atoms with Gasteiger partial charge in [-0.2, -0.15) is 5.10 Å². The third kappa shape index (κ3) is 3.36. The van der Waals surface area contributed by atoms with Crippen LogP contribution in [0.5, 0.6) is 0 Å². The van der Waals surface area contributed by atoms with Crippen LogP contribution in [-0.2, 0) is 11.3 Å². The van der Waals surface area contributed by atoms with Crippen molar-refractivity contribution in [3.63, 3.8) is 0 Å². The molecule has 0 atom stereocenters. The summed E-state index contributed by atoms with van der Waals surface area (Å²) in [4.78, 5) is 14.1. The Labute approximate surface area is 169 Å². The highest BCUT2D eigenvalue weighted by Gasteiger charge is 2.35. The molecular weight excluding hydrogens is 362 g/mol. The summed E-state index contributed by atoms with van der Waals surface area (Å²) in [6, 6.07) is 28.1. The van der Waals surface area contributed by atoms with Gasteiger partial charge in [0.1, 0.15) is 6.61 Å². The highest BCUT2D eigenvalue weighted by Crippen LogP contribution is 2.33. The fourth-order valence-corrected chi connectivity index (χ4v) is 3.77. The predicted octanol–water partition coefficient (Wildman–Crippen LogP) is 4.76. The SMILES string of the molecule is O=C(OCc1ccccc1)N1CC(c2nn(-c3ccccc3)c3ccccc23)C1. The third-order valence-corrected chi connectivity index (χ3v) is 5.35. The quantitative estimate of drug-likeness (QED) is 0.510. The van der Waals surface area contributed by atoms with Crippen molar-refractivity contribution >= 4 is 17.0 Å². The molecule has 5 heteroatoms. The molecule has 2 heterocycles. The standard InChI is InChI=1S/C24H21N3O2/c28-24(29-17-18-9-3-1-4-10-18)26-15-19(16-26)23-21-13-7-8-14-22(21)27(25-23)20-11-5-2-6-12-20/h1-14,19H,15-17H2. The van der Waals surface area contributed by atoms with Crippen molar-refractivity contribution in [2.24, 2.45) is 0 Å². The molecule has 1 aliphatic rings. The van der Waals surface area contributed by atoms with E-state index in [0.717, 1.165) is 27.8 Å². The maximum atomic E-state index is 12.3. The number of carbonyl (C=O) groups excluding carboxylic acids is 1. The fourth-order valence-electron chi connectivity index (χ4n) is 3.77. The van der Waals surface area contributed by atoms with Gasteiger partial charge in [0, 0.05) is 24.4 Å². The maximum Gasteiger partial charge on any atom is 0.410 e. The Bertz CT molecular complexity index is 1130. The second-order valence-electron chi connectivity index (χ2n) is 7.29. The number of hydrogen-bond acceptors (Lipinski definition) is 3. The van der Waals surface area contributed by atoms with Crippen molar-refractivity contribution in [2.45, 2.75) is 12.5 Å². The Balaban J connectivity index is 1.31. The van der Waals surface area contributed by atoms with Crippen molar-refractivity contribution in [3.8, 4) is 5.69 Å². The Morgan fingerprint density at radius 3 is 2.31 bits per heavy atom. The van der Waals surface area contributed by atoms with Crippen LogP contribution >= 0.6 is 0 Å². The molecule has 0 saturated carbocycles. The Morgan fingerprint density at radius 1 is 0.897 bits per heavy atom. The molecule has 0 N–H and O–H groups in total. The third-order valence-electron chi connectivity index (χ3n) is 5.35. The minimum absolute atomic E-state index is 0.217. The lowest BCUT2D eigenvalue weighted by Gasteiger charge is -2.37. The molecule has 5 nitrogen and oxygen atoms in total. The molecule has 144 valence electrons. The lowest BCUT2D eigenvalue weighted by atomic mass is 9.94. The molecule has 5 rings (SSSR count). The zero-order valence-corrected chi connectivity index (χ0v) is 15.9. The first kappa shape index (κ1) is 17.5. The number of benzene rings is 3. The number of ether oxygens (including phenoxy) is 1. The Kier molecular flexibility index (Phi) is 4.48. The number of para-hydroxylation sites is 2. The second-order valence-corrected chi connectivity index (χ2v) is 7.29. The largest absolute Gasteiger partial charge is 0.445 e. The average Bonchev–Trinajstić information content (AvgIpc) is 3.12. The number of amides is 1. The van der Waals surface area contributed by atoms with Gasteiger partial charge in [0.2, 0.25) is 0 Å². The number of fused-ring (bicyclic) bond motifs is 1. The van der Waals surface area contributed by atoms with Crippen LogP contribution in [0.3, 0.4) is 0 Å². The molecule has 4 aromatic rings. The molecule has 1 saturated heterocycles. The topological polar surface area (TPSA) is 47.4 Å². The van der Waals surface area contributed by atoms with Crippen LogP contribution in [0.2, 0.25) is 0 Å². The molecule has 0 unspecified atom stereocenters. The van der Waals surface area contributed by atoms with E-state index in [2.05, 4.69) is 24.3 Å². The summed E-state index contributed by atoms with van der Waals surface area (Å²) in [7, 11) is 0. The summed E-state index contributed by atoms with van der Waals surface area (Å²) >= 11 is 0. The molecule has 1 aliphatic heterocycles. The molecule has 3 aromatic carbocycles. The van der Waals surface area contributed by atoms with Crippen LogP contribution in [0.15, 0.2) is 84.9 Å². The first-order valence-electron chi connectivity index (χ1n) is 9.78. The minimum atomic E-state index is -0.267. The van der Waals surface area contributed by atoms with Crippen LogP contribution < -0.4 is 0 Å². The molecule has 1 aromatic heterocycles. The van der Waals surface area contributed by atoms with Gasteiger partial charge < -0.3 is 9.64 Å². The molecule has 0 aliphatic carbocycles. The molecule has 1 amide bonds. The lowest BCUT2D eigenvalue weighted by molar-refractivity contribution is 0.0659. The fraction of sp³-hybridized carbons (Fsp3) is 0.167. The number of likely N-dealkylation sites (tertiary alicyclic amines) is 1. The van der Waals surface area contributed by atoms with Crippen LogP contribution in [0.4, 0.5) is 4.79 Å². The smallest absolute Gasteiger partial charge is 0.410 e. The van der Waals surface area contributed by atoms with E-state index in [1.54, 1.807) is 4.90 Å². The van der Waals surface area contributed by atoms with Crippen molar-refractivity contribution in [2.75, 3.05) is 13.1 Å². The van der Waals surface area contributed by atoms with E-state index in [1.807, 2.05) is 65.3 Å². The molecule has 29 heavy (non-hydrogen) atoms. The summed E-state index contributed by atoms with van der Waals surface area (Å²) in [5.74, 6) is 0.217. The van der Waals surface area contributed by atoms with Gasteiger partial charge in [-0.05, 0) is 23.8 Å². The highest BCUT2D eigenvalue weighted by atomic mass is 16.6. The highest BCUT2D eigenvalue weighted by molar-refractivity contribution is 5.84. The summed E-state index contributed by atoms with van der Waals surface area (Å²) in [5.41, 5.74) is 4.15. The number of nitrogens with zero attached hydrogens (tertiary/aromatic N) is 3. The van der Waals surface area contributed by atoms with Crippen molar-refractivity contribution in [3.05, 3.63) is 96.2 Å². The zero-order chi connectivity index (χ0) is 19.6. The van der Waals surface area contributed by atoms with Gasteiger partial charge in [0.25, 0.3) is 0 Å². The lowest BCUT2D eigenvalue weighted by Crippen LogP contribution is -2.48. The van der Waals surface area contributed by atoms with Gasteiger partial charge in [-0.3, -0.25) is 0 Å². The Morgan fingerprint density at radius 2 is 1.55 bits per heavy atom. The number of rotatable bonds is 4. The van der Waals surface area contributed by atoms with Gasteiger partial charge in [0.05, 0.1) is 16.9 Å². The molecular formula is C24H21N3O2. The van der Waals surface area contributed by atoms with E-state index >= 15 is 0 Å². The van der Waals surface area contributed by atoms with E-state index in [1.165, 1.54) is 0 Å². The molecule has 0 spiro atoms. The predicted molar refractivity (Wildman–Crippen MR) is 112 cm³/mol. The number of carbonyl (C=O) groups is 1. The van der Waals surface area contributed by atoms with Gasteiger partial charge in [0.15, 0.2) is 0 Å². The van der Waals surface area contributed by atoms with Gasteiger partial charge in [-0.1, -0.05) is 66.7 Å². The molecule has 0 radical (unpaired) electrons. The first-order valence-corrected chi connectivity index (χ1v) is 9.78. The van der Waals surface area contributed by atoms with Crippen molar-refractivity contribution in [1.82, 2.24) is 14.7 Å². The number of hydrogen-bond donors (Lipinski definition) is 0. The maximum absolute atomic E-state index is 12.3. The van der Waals surface area contributed by atoms with E-state index in [-0.39, 0.29) is 12.0 Å². The number of aromatic nitrogens is 2. The zero-order valence-electron chi connectivity index (χ0n) is 15.9. The summed E-state index contributed by atoms with van der Waals surface area (Å²) in [6.07, 6.45) is -0.267. The molecule has 0 bridgehead atoms. The monoisotopic (exact) mass is 383 g/mol. The van der Waals surface area contributed by atoms with E-state index < -0.39 is 0 Å². The minimum Gasteiger partial charge on any atom is -0.445 e. The summed E-state index contributed by atoms with van der Waals surface area (Å²) < 4.78 is 7.43.